The molecule has 2 unspecified atom stereocenters. The highest BCUT2D eigenvalue weighted by Crippen LogP contribution is 2.33. The first-order chi connectivity index (χ1) is 11.7. The lowest BCUT2D eigenvalue weighted by atomic mass is 10.1. The lowest BCUT2D eigenvalue weighted by Crippen LogP contribution is -2.41. The summed E-state index contributed by atoms with van der Waals surface area (Å²) >= 11 is 0. The Hall–Kier alpha value is -1.93. The van der Waals surface area contributed by atoms with Gasteiger partial charge in [0.05, 0.1) is 4.90 Å². The molecule has 0 bridgehead atoms. The molecule has 1 aliphatic rings. The van der Waals surface area contributed by atoms with Crippen molar-refractivity contribution in [2.75, 3.05) is 0 Å². The SMILES string of the molecule is CCC(C)NS(=O)(=O)c1ccc(C(=O)NC(CC2CC2)C(=O)O)cc1. The van der Waals surface area contributed by atoms with E-state index in [1.807, 2.05) is 6.92 Å². The zero-order valence-electron chi connectivity index (χ0n) is 14.4. The van der Waals surface area contributed by atoms with E-state index in [-0.39, 0.29) is 16.5 Å². The number of sulfonamides is 1. The molecule has 1 aliphatic carbocycles. The number of aliphatic carboxylic acids is 1. The monoisotopic (exact) mass is 368 g/mol. The molecule has 0 radical (unpaired) electrons. The molecule has 138 valence electrons. The van der Waals surface area contributed by atoms with Gasteiger partial charge < -0.3 is 10.4 Å². The quantitative estimate of drug-likeness (QED) is 0.615. The summed E-state index contributed by atoms with van der Waals surface area (Å²) in [6.07, 6.45) is 3.08. The highest BCUT2D eigenvalue weighted by molar-refractivity contribution is 7.89. The van der Waals surface area contributed by atoms with E-state index in [2.05, 4.69) is 10.0 Å². The van der Waals surface area contributed by atoms with Crippen LogP contribution in [0.1, 0.15) is 49.9 Å². The fraction of sp³-hybridized carbons (Fsp3) is 0.529. The highest BCUT2D eigenvalue weighted by Gasteiger charge is 2.30. The number of rotatable bonds is 9. The molecule has 0 aliphatic heterocycles. The van der Waals surface area contributed by atoms with Crippen molar-refractivity contribution in [3.8, 4) is 0 Å². The summed E-state index contributed by atoms with van der Waals surface area (Å²) in [4.78, 5) is 23.5. The summed E-state index contributed by atoms with van der Waals surface area (Å²) in [5.41, 5.74) is 0.226. The van der Waals surface area contributed by atoms with Crippen LogP contribution in [0.4, 0.5) is 0 Å². The minimum Gasteiger partial charge on any atom is -0.480 e. The molecule has 1 fully saturated rings. The Labute approximate surface area is 147 Å². The van der Waals surface area contributed by atoms with Crippen LogP contribution < -0.4 is 10.0 Å². The van der Waals surface area contributed by atoms with Gasteiger partial charge in [-0.05, 0) is 49.9 Å². The van der Waals surface area contributed by atoms with Crippen LogP contribution in [0, 0.1) is 5.92 Å². The molecule has 0 spiro atoms. The zero-order valence-corrected chi connectivity index (χ0v) is 15.2. The smallest absolute Gasteiger partial charge is 0.326 e. The Morgan fingerprint density at radius 1 is 1.24 bits per heavy atom. The Bertz CT molecular complexity index is 726. The largest absolute Gasteiger partial charge is 0.480 e. The van der Waals surface area contributed by atoms with E-state index >= 15 is 0 Å². The maximum atomic E-state index is 12.2. The predicted octanol–water partition coefficient (Wildman–Crippen LogP) is 1.75. The van der Waals surface area contributed by atoms with Gasteiger partial charge in [-0.1, -0.05) is 19.8 Å². The molecule has 1 saturated carbocycles. The molecular formula is C17H24N2O5S. The van der Waals surface area contributed by atoms with Crippen molar-refractivity contribution in [3.63, 3.8) is 0 Å². The summed E-state index contributed by atoms with van der Waals surface area (Å²) in [6, 6.07) is 4.35. The second-order valence-electron chi connectivity index (χ2n) is 6.50. The number of carboxylic acids is 1. The zero-order chi connectivity index (χ0) is 18.6. The molecule has 0 aromatic heterocycles. The average Bonchev–Trinajstić information content (AvgIpc) is 3.37. The highest BCUT2D eigenvalue weighted by atomic mass is 32.2. The van der Waals surface area contributed by atoms with Crippen LogP contribution in [0.15, 0.2) is 29.2 Å². The Kier molecular flexibility index (Phi) is 6.18. The molecule has 25 heavy (non-hydrogen) atoms. The van der Waals surface area contributed by atoms with Gasteiger partial charge in [-0.2, -0.15) is 0 Å². The molecule has 2 atom stereocenters. The van der Waals surface area contributed by atoms with Crippen LogP contribution >= 0.6 is 0 Å². The summed E-state index contributed by atoms with van der Waals surface area (Å²) < 4.78 is 26.9. The number of amides is 1. The molecule has 1 amide bonds. The van der Waals surface area contributed by atoms with Gasteiger partial charge in [-0.25, -0.2) is 17.9 Å². The lowest BCUT2D eigenvalue weighted by molar-refractivity contribution is -0.139. The van der Waals surface area contributed by atoms with Gasteiger partial charge in [-0.3, -0.25) is 4.79 Å². The third-order valence-corrected chi connectivity index (χ3v) is 5.87. The lowest BCUT2D eigenvalue weighted by Gasteiger charge is -2.15. The first kappa shape index (κ1) is 19.4. The van der Waals surface area contributed by atoms with Crippen molar-refractivity contribution < 1.29 is 23.1 Å². The van der Waals surface area contributed by atoms with Crippen molar-refractivity contribution in [2.45, 2.75) is 56.5 Å². The van der Waals surface area contributed by atoms with Gasteiger partial charge in [0.25, 0.3) is 5.91 Å². The molecule has 1 aromatic rings. The molecule has 0 heterocycles. The van der Waals surface area contributed by atoms with E-state index in [1.54, 1.807) is 6.92 Å². The number of hydrogen-bond acceptors (Lipinski definition) is 4. The summed E-state index contributed by atoms with van der Waals surface area (Å²) in [7, 11) is -3.63. The number of hydrogen-bond donors (Lipinski definition) is 3. The topological polar surface area (TPSA) is 113 Å². The van der Waals surface area contributed by atoms with Crippen molar-refractivity contribution in [2.24, 2.45) is 5.92 Å². The van der Waals surface area contributed by atoms with Crippen LogP contribution in [0.5, 0.6) is 0 Å². The molecule has 2 rings (SSSR count). The number of carbonyl (C=O) groups excluding carboxylic acids is 1. The Morgan fingerprint density at radius 3 is 2.32 bits per heavy atom. The maximum Gasteiger partial charge on any atom is 0.326 e. The van der Waals surface area contributed by atoms with Gasteiger partial charge in [0.15, 0.2) is 0 Å². The van der Waals surface area contributed by atoms with E-state index in [4.69, 9.17) is 0 Å². The standard InChI is InChI=1S/C17H24N2O5S/c1-3-11(2)19-25(23,24)14-8-6-13(7-9-14)16(20)18-15(17(21)22)10-12-4-5-12/h6-9,11-12,15,19H,3-5,10H2,1-2H3,(H,18,20)(H,21,22). The normalized spacial score (nSPS) is 16.9. The fourth-order valence-electron chi connectivity index (χ4n) is 2.35. The summed E-state index contributed by atoms with van der Waals surface area (Å²) in [5.74, 6) is -1.22. The minimum absolute atomic E-state index is 0.0668. The second-order valence-corrected chi connectivity index (χ2v) is 8.21. The Morgan fingerprint density at radius 2 is 1.84 bits per heavy atom. The number of benzene rings is 1. The summed E-state index contributed by atoms with van der Waals surface area (Å²) in [5, 5.41) is 11.7. The van der Waals surface area contributed by atoms with Crippen molar-refractivity contribution in [1.82, 2.24) is 10.0 Å². The molecule has 7 nitrogen and oxygen atoms in total. The first-order valence-corrected chi connectivity index (χ1v) is 9.87. The average molecular weight is 368 g/mol. The third kappa shape index (κ3) is 5.54. The fourth-order valence-corrected chi connectivity index (χ4v) is 3.68. The van der Waals surface area contributed by atoms with E-state index in [1.165, 1.54) is 24.3 Å². The van der Waals surface area contributed by atoms with Gasteiger partial charge >= 0.3 is 5.97 Å². The maximum absolute atomic E-state index is 12.2. The second kappa shape index (κ2) is 7.97. The minimum atomic E-state index is -3.63. The number of carboxylic acid groups (broad SMARTS) is 1. The van der Waals surface area contributed by atoms with Crippen molar-refractivity contribution in [3.05, 3.63) is 29.8 Å². The molecule has 0 saturated heterocycles. The Balaban J connectivity index is 2.05. The summed E-state index contributed by atoms with van der Waals surface area (Å²) in [6.45, 7) is 3.65. The number of nitrogens with one attached hydrogen (secondary N) is 2. The van der Waals surface area contributed by atoms with Crippen LogP contribution in [0.3, 0.4) is 0 Å². The van der Waals surface area contributed by atoms with Crippen LogP contribution in [-0.2, 0) is 14.8 Å². The van der Waals surface area contributed by atoms with Gasteiger partial charge in [-0.15, -0.1) is 0 Å². The van der Waals surface area contributed by atoms with Crippen LogP contribution in [0.2, 0.25) is 0 Å². The van der Waals surface area contributed by atoms with Gasteiger partial charge in [0.1, 0.15) is 6.04 Å². The predicted molar refractivity (Wildman–Crippen MR) is 92.7 cm³/mol. The van der Waals surface area contributed by atoms with Crippen molar-refractivity contribution in [1.29, 1.82) is 0 Å². The van der Waals surface area contributed by atoms with Gasteiger partial charge in [0.2, 0.25) is 10.0 Å². The van der Waals surface area contributed by atoms with E-state index in [9.17, 15) is 23.1 Å². The van der Waals surface area contributed by atoms with Crippen molar-refractivity contribution >= 4 is 21.9 Å². The molecule has 3 N–H and O–H groups in total. The van der Waals surface area contributed by atoms with Crippen LogP contribution in [-0.4, -0.2) is 37.5 Å². The molecule has 8 heteroatoms. The van der Waals surface area contributed by atoms with E-state index in [0.717, 1.165) is 12.8 Å². The van der Waals surface area contributed by atoms with Gasteiger partial charge in [0, 0.05) is 11.6 Å². The molecular weight excluding hydrogens is 344 g/mol. The van der Waals surface area contributed by atoms with E-state index < -0.39 is 27.9 Å². The number of carbonyl (C=O) groups is 2. The first-order valence-electron chi connectivity index (χ1n) is 8.39. The molecule has 1 aromatic carbocycles. The van der Waals surface area contributed by atoms with Crippen LogP contribution in [0.25, 0.3) is 0 Å². The van der Waals surface area contributed by atoms with E-state index in [0.29, 0.717) is 18.8 Å². The third-order valence-electron chi connectivity index (χ3n) is 4.26.